The molecule has 0 aliphatic carbocycles. The van der Waals surface area contributed by atoms with Crippen molar-refractivity contribution in [3.63, 3.8) is 0 Å². The standard InChI is InChI=1S/C22H27N3O5S/c1-31-15-9-18(23-20(26)16-30-17-6-3-2-4-7-17)21(27)24-10-12-25(13-11-24)22(28)19-8-5-14-29-19/h2-8,14,18H,9-13,15-16H2,1H3,(H,23,26). The number of amides is 3. The van der Waals surface area contributed by atoms with E-state index in [-0.39, 0.29) is 24.3 Å². The number of thioether (sulfide) groups is 1. The van der Waals surface area contributed by atoms with E-state index >= 15 is 0 Å². The molecule has 3 amide bonds. The Balaban J connectivity index is 1.52. The third-order valence-corrected chi connectivity index (χ3v) is 5.61. The number of para-hydroxylation sites is 1. The van der Waals surface area contributed by atoms with Crippen molar-refractivity contribution in [3.05, 3.63) is 54.5 Å². The zero-order valence-electron chi connectivity index (χ0n) is 17.5. The molecule has 0 radical (unpaired) electrons. The summed E-state index contributed by atoms with van der Waals surface area (Å²) in [4.78, 5) is 41.2. The van der Waals surface area contributed by atoms with Gasteiger partial charge in [0.1, 0.15) is 11.8 Å². The molecule has 2 aromatic rings. The highest BCUT2D eigenvalue weighted by molar-refractivity contribution is 7.98. The summed E-state index contributed by atoms with van der Waals surface area (Å²) in [6.45, 7) is 1.52. The molecule has 1 fully saturated rings. The molecule has 1 N–H and O–H groups in total. The summed E-state index contributed by atoms with van der Waals surface area (Å²) in [5, 5.41) is 2.81. The predicted molar refractivity (Wildman–Crippen MR) is 118 cm³/mol. The van der Waals surface area contributed by atoms with Crippen molar-refractivity contribution < 1.29 is 23.5 Å². The minimum Gasteiger partial charge on any atom is -0.484 e. The number of furan rings is 1. The first-order chi connectivity index (χ1) is 15.1. The zero-order chi connectivity index (χ0) is 22.1. The fourth-order valence-electron chi connectivity index (χ4n) is 3.30. The van der Waals surface area contributed by atoms with Crippen LogP contribution in [0, 0.1) is 0 Å². The predicted octanol–water partition coefficient (Wildman–Crippen LogP) is 1.88. The lowest BCUT2D eigenvalue weighted by molar-refractivity contribution is -0.138. The molecule has 0 spiro atoms. The summed E-state index contributed by atoms with van der Waals surface area (Å²) in [5.41, 5.74) is 0. The smallest absolute Gasteiger partial charge is 0.289 e. The van der Waals surface area contributed by atoms with Gasteiger partial charge in [-0.25, -0.2) is 0 Å². The topological polar surface area (TPSA) is 92.1 Å². The number of hydrogen-bond donors (Lipinski definition) is 1. The number of hydrogen-bond acceptors (Lipinski definition) is 6. The highest BCUT2D eigenvalue weighted by Crippen LogP contribution is 2.12. The van der Waals surface area contributed by atoms with Crippen LogP contribution in [0.4, 0.5) is 0 Å². The van der Waals surface area contributed by atoms with E-state index in [0.717, 1.165) is 5.75 Å². The van der Waals surface area contributed by atoms with Crippen LogP contribution in [0.2, 0.25) is 0 Å². The number of ether oxygens (including phenoxy) is 1. The number of nitrogens with zero attached hydrogens (tertiary/aromatic N) is 2. The Kier molecular flexibility index (Phi) is 8.40. The minimum absolute atomic E-state index is 0.132. The molecule has 1 saturated heterocycles. The van der Waals surface area contributed by atoms with Crippen LogP contribution >= 0.6 is 11.8 Å². The van der Waals surface area contributed by atoms with E-state index in [1.807, 2.05) is 24.5 Å². The van der Waals surface area contributed by atoms with Crippen molar-refractivity contribution in [1.82, 2.24) is 15.1 Å². The number of piperazine rings is 1. The molecule has 9 heteroatoms. The summed E-state index contributed by atoms with van der Waals surface area (Å²) in [6.07, 6.45) is 3.96. The van der Waals surface area contributed by atoms with Crippen LogP contribution in [0.1, 0.15) is 17.0 Å². The summed E-state index contributed by atoms with van der Waals surface area (Å²) < 4.78 is 10.6. The van der Waals surface area contributed by atoms with Crippen molar-refractivity contribution in [1.29, 1.82) is 0 Å². The molecular formula is C22H27N3O5S. The number of carbonyl (C=O) groups excluding carboxylic acids is 3. The van der Waals surface area contributed by atoms with E-state index in [9.17, 15) is 14.4 Å². The van der Waals surface area contributed by atoms with Crippen LogP contribution in [0.5, 0.6) is 5.75 Å². The van der Waals surface area contributed by atoms with Gasteiger partial charge in [-0.3, -0.25) is 14.4 Å². The van der Waals surface area contributed by atoms with Gasteiger partial charge in [0.25, 0.3) is 11.8 Å². The van der Waals surface area contributed by atoms with E-state index < -0.39 is 6.04 Å². The van der Waals surface area contributed by atoms with Gasteiger partial charge in [0, 0.05) is 26.2 Å². The largest absolute Gasteiger partial charge is 0.484 e. The summed E-state index contributed by atoms with van der Waals surface area (Å²) >= 11 is 1.62. The van der Waals surface area contributed by atoms with E-state index in [4.69, 9.17) is 9.15 Å². The molecular weight excluding hydrogens is 418 g/mol. The highest BCUT2D eigenvalue weighted by atomic mass is 32.2. The molecule has 166 valence electrons. The van der Waals surface area contributed by atoms with Gasteiger partial charge >= 0.3 is 0 Å². The maximum atomic E-state index is 13.1. The zero-order valence-corrected chi connectivity index (χ0v) is 18.3. The fourth-order valence-corrected chi connectivity index (χ4v) is 3.77. The first kappa shape index (κ1) is 22.7. The second-order valence-corrected chi connectivity index (χ2v) is 8.08. The van der Waals surface area contributed by atoms with Crippen LogP contribution in [0.15, 0.2) is 53.1 Å². The summed E-state index contributed by atoms with van der Waals surface area (Å²) in [5.74, 6) is 0.988. The third-order valence-electron chi connectivity index (χ3n) is 4.97. The molecule has 31 heavy (non-hydrogen) atoms. The van der Waals surface area contributed by atoms with Gasteiger partial charge in [-0.2, -0.15) is 11.8 Å². The Bertz CT molecular complexity index is 851. The van der Waals surface area contributed by atoms with Crippen molar-refractivity contribution in [2.75, 3.05) is 44.8 Å². The summed E-state index contributed by atoms with van der Waals surface area (Å²) in [6, 6.07) is 11.7. The van der Waals surface area contributed by atoms with Gasteiger partial charge in [-0.15, -0.1) is 0 Å². The van der Waals surface area contributed by atoms with Crippen LogP contribution in [-0.4, -0.2) is 78.4 Å². The Hall–Kier alpha value is -2.94. The molecule has 0 saturated carbocycles. The highest BCUT2D eigenvalue weighted by Gasteiger charge is 2.30. The van der Waals surface area contributed by atoms with Gasteiger partial charge in [0.2, 0.25) is 5.91 Å². The van der Waals surface area contributed by atoms with E-state index in [1.165, 1.54) is 6.26 Å². The van der Waals surface area contributed by atoms with Crippen LogP contribution < -0.4 is 10.1 Å². The van der Waals surface area contributed by atoms with Gasteiger partial charge < -0.3 is 24.3 Å². The lowest BCUT2D eigenvalue weighted by Gasteiger charge is -2.36. The molecule has 1 aromatic carbocycles. The second kappa shape index (κ2) is 11.5. The Morgan fingerprint density at radius 2 is 1.77 bits per heavy atom. The molecule has 1 unspecified atom stereocenters. The average Bonchev–Trinajstić information content (AvgIpc) is 3.35. The maximum absolute atomic E-state index is 13.1. The number of rotatable bonds is 9. The summed E-state index contributed by atoms with van der Waals surface area (Å²) in [7, 11) is 0. The molecule has 1 atom stereocenters. The number of carbonyl (C=O) groups is 3. The van der Waals surface area contributed by atoms with Gasteiger partial charge in [0.15, 0.2) is 12.4 Å². The van der Waals surface area contributed by atoms with E-state index in [2.05, 4.69) is 5.32 Å². The Morgan fingerprint density at radius 3 is 2.42 bits per heavy atom. The van der Waals surface area contributed by atoms with Crippen LogP contribution in [-0.2, 0) is 9.59 Å². The first-order valence-electron chi connectivity index (χ1n) is 10.2. The molecule has 1 aliphatic rings. The van der Waals surface area contributed by atoms with Crippen LogP contribution in [0.25, 0.3) is 0 Å². The minimum atomic E-state index is -0.619. The molecule has 8 nitrogen and oxygen atoms in total. The van der Waals surface area contributed by atoms with Crippen molar-refractivity contribution in [2.45, 2.75) is 12.5 Å². The van der Waals surface area contributed by atoms with Crippen molar-refractivity contribution in [3.8, 4) is 5.75 Å². The van der Waals surface area contributed by atoms with Gasteiger partial charge in [0.05, 0.1) is 6.26 Å². The number of nitrogens with one attached hydrogen (secondary N) is 1. The second-order valence-electron chi connectivity index (χ2n) is 7.10. The van der Waals surface area contributed by atoms with Gasteiger partial charge in [-0.1, -0.05) is 18.2 Å². The quantitative estimate of drug-likeness (QED) is 0.634. The SMILES string of the molecule is CSCCC(NC(=O)COc1ccccc1)C(=O)N1CCN(C(=O)c2ccco2)CC1. The number of benzene rings is 1. The Morgan fingerprint density at radius 1 is 1.06 bits per heavy atom. The van der Waals surface area contributed by atoms with Crippen molar-refractivity contribution in [2.24, 2.45) is 0 Å². The lowest BCUT2D eigenvalue weighted by atomic mass is 10.1. The monoisotopic (exact) mass is 445 g/mol. The maximum Gasteiger partial charge on any atom is 0.289 e. The van der Waals surface area contributed by atoms with Crippen molar-refractivity contribution >= 4 is 29.5 Å². The fraction of sp³-hybridized carbons (Fsp3) is 0.409. The average molecular weight is 446 g/mol. The third kappa shape index (κ3) is 6.52. The molecule has 3 rings (SSSR count). The van der Waals surface area contributed by atoms with E-state index in [1.54, 1.807) is 45.8 Å². The van der Waals surface area contributed by atoms with Gasteiger partial charge in [-0.05, 0) is 42.7 Å². The first-order valence-corrected chi connectivity index (χ1v) is 11.6. The molecule has 1 aliphatic heterocycles. The normalized spacial score (nSPS) is 14.7. The van der Waals surface area contributed by atoms with E-state index in [0.29, 0.717) is 44.1 Å². The molecule has 0 bridgehead atoms. The lowest BCUT2D eigenvalue weighted by Crippen LogP contribution is -2.56. The molecule has 1 aromatic heterocycles. The molecule has 2 heterocycles. The van der Waals surface area contributed by atoms with Crippen LogP contribution in [0.3, 0.4) is 0 Å². The Labute approximate surface area is 185 Å².